The van der Waals surface area contributed by atoms with Crippen LogP contribution in [0.5, 0.6) is 0 Å². The van der Waals surface area contributed by atoms with Crippen LogP contribution >= 0.6 is 0 Å². The number of ether oxygens (including phenoxy) is 1. The predicted octanol–water partition coefficient (Wildman–Crippen LogP) is 2.96. The zero-order chi connectivity index (χ0) is 14.0. The Morgan fingerprint density at radius 1 is 1.32 bits per heavy atom. The molecule has 0 atom stereocenters. The molecule has 1 heterocycles. The number of aliphatic hydroxyl groups excluding tert-OH is 1. The highest BCUT2D eigenvalue weighted by Gasteiger charge is 2.18. The van der Waals surface area contributed by atoms with Gasteiger partial charge in [-0.25, -0.2) is 4.79 Å². The average molecular weight is 261 g/mol. The quantitative estimate of drug-likeness (QED) is 0.904. The number of fused-ring (bicyclic) bond motifs is 1. The largest absolute Gasteiger partial charge is 0.443 e. The van der Waals surface area contributed by atoms with Gasteiger partial charge in [-0.1, -0.05) is 6.07 Å². The molecule has 0 unspecified atom stereocenters. The van der Waals surface area contributed by atoms with Gasteiger partial charge in [0.05, 0.1) is 5.52 Å². The molecule has 0 aliphatic heterocycles. The molecule has 0 fully saturated rings. The molecule has 1 N–H and O–H groups in total. The summed E-state index contributed by atoms with van der Waals surface area (Å²) < 4.78 is 6.86. The predicted molar refractivity (Wildman–Crippen MR) is 74.4 cm³/mol. The molecule has 0 saturated carbocycles. The van der Waals surface area contributed by atoms with Gasteiger partial charge >= 0.3 is 6.09 Å². The lowest BCUT2D eigenvalue weighted by Gasteiger charge is -2.19. The second-order valence-electron chi connectivity index (χ2n) is 5.53. The van der Waals surface area contributed by atoms with E-state index in [0.717, 1.165) is 16.5 Å². The van der Waals surface area contributed by atoms with Crippen LogP contribution in [0.2, 0.25) is 0 Å². The molecule has 0 saturated heterocycles. The van der Waals surface area contributed by atoms with Crippen LogP contribution in [0, 0.1) is 0 Å². The van der Waals surface area contributed by atoms with Crippen molar-refractivity contribution in [1.29, 1.82) is 0 Å². The van der Waals surface area contributed by atoms with E-state index in [1.165, 1.54) is 4.57 Å². The van der Waals surface area contributed by atoms with Crippen LogP contribution in [-0.2, 0) is 11.2 Å². The molecule has 1 aromatic heterocycles. The van der Waals surface area contributed by atoms with Crippen LogP contribution in [0.1, 0.15) is 26.3 Å². The molecule has 2 aromatic rings. The molecular weight excluding hydrogens is 242 g/mol. The smallest absolute Gasteiger partial charge is 0.418 e. The van der Waals surface area contributed by atoms with Crippen molar-refractivity contribution >= 4 is 17.0 Å². The number of carbonyl (C=O) groups is 1. The standard InChI is InChI=1S/C15H19NO3/c1-15(2,3)19-14(18)16-8-6-12-10-11(7-9-17)4-5-13(12)16/h4-6,8,10,17H,7,9H2,1-3H3. The van der Waals surface area contributed by atoms with Crippen molar-refractivity contribution < 1.29 is 14.6 Å². The fourth-order valence-electron chi connectivity index (χ4n) is 1.95. The zero-order valence-electron chi connectivity index (χ0n) is 11.5. The van der Waals surface area contributed by atoms with Crippen LogP contribution in [0.15, 0.2) is 30.5 Å². The zero-order valence-corrected chi connectivity index (χ0v) is 11.5. The van der Waals surface area contributed by atoms with E-state index in [4.69, 9.17) is 9.84 Å². The van der Waals surface area contributed by atoms with Crippen molar-refractivity contribution in [2.45, 2.75) is 32.8 Å². The van der Waals surface area contributed by atoms with E-state index in [1.807, 2.05) is 45.0 Å². The van der Waals surface area contributed by atoms with Crippen molar-refractivity contribution in [3.63, 3.8) is 0 Å². The molecule has 0 bridgehead atoms. The van der Waals surface area contributed by atoms with Crippen molar-refractivity contribution in [3.8, 4) is 0 Å². The summed E-state index contributed by atoms with van der Waals surface area (Å²) in [6, 6.07) is 7.65. The van der Waals surface area contributed by atoms with Gasteiger partial charge in [0, 0.05) is 18.2 Å². The molecule has 4 heteroatoms. The minimum Gasteiger partial charge on any atom is -0.443 e. The summed E-state index contributed by atoms with van der Waals surface area (Å²) in [5.74, 6) is 0. The molecule has 1 aromatic carbocycles. The minimum atomic E-state index is -0.509. The summed E-state index contributed by atoms with van der Waals surface area (Å²) in [5.41, 5.74) is 1.36. The third-order valence-electron chi connectivity index (χ3n) is 2.75. The fourth-order valence-corrected chi connectivity index (χ4v) is 1.95. The van der Waals surface area contributed by atoms with Crippen molar-refractivity contribution in [2.24, 2.45) is 0 Å². The number of rotatable bonds is 2. The molecule has 0 aliphatic rings. The van der Waals surface area contributed by atoms with E-state index in [2.05, 4.69) is 0 Å². The molecule has 0 spiro atoms. The molecule has 0 aliphatic carbocycles. The SMILES string of the molecule is CC(C)(C)OC(=O)n1ccc2cc(CCO)ccc21. The normalized spacial score (nSPS) is 11.8. The summed E-state index contributed by atoms with van der Waals surface area (Å²) in [5, 5.41) is 9.90. The number of carbonyl (C=O) groups excluding carboxylic acids is 1. The van der Waals surface area contributed by atoms with Gasteiger partial charge in [0.25, 0.3) is 0 Å². The number of hydrogen-bond donors (Lipinski definition) is 1. The third kappa shape index (κ3) is 3.15. The van der Waals surface area contributed by atoms with Gasteiger partial charge in [-0.05, 0) is 51.0 Å². The summed E-state index contributed by atoms with van der Waals surface area (Å²) >= 11 is 0. The number of nitrogens with zero attached hydrogens (tertiary/aromatic N) is 1. The second kappa shape index (κ2) is 5.05. The lowest BCUT2D eigenvalue weighted by molar-refractivity contribution is 0.0544. The van der Waals surface area contributed by atoms with Crippen LogP contribution in [0.4, 0.5) is 4.79 Å². The third-order valence-corrected chi connectivity index (χ3v) is 2.75. The van der Waals surface area contributed by atoms with Crippen LogP contribution in [-0.4, -0.2) is 28.0 Å². The maximum absolute atomic E-state index is 12.0. The van der Waals surface area contributed by atoms with E-state index < -0.39 is 5.60 Å². The van der Waals surface area contributed by atoms with Crippen molar-refractivity contribution in [3.05, 3.63) is 36.0 Å². The first-order valence-electron chi connectivity index (χ1n) is 6.35. The Balaban J connectivity index is 2.33. The number of aromatic nitrogens is 1. The molecule has 102 valence electrons. The van der Waals surface area contributed by atoms with Gasteiger partial charge in [0.1, 0.15) is 5.60 Å². The monoisotopic (exact) mass is 261 g/mol. The van der Waals surface area contributed by atoms with E-state index >= 15 is 0 Å². The Labute approximate surface area is 112 Å². The van der Waals surface area contributed by atoms with E-state index in [0.29, 0.717) is 6.42 Å². The molecule has 0 radical (unpaired) electrons. The lowest BCUT2D eigenvalue weighted by Crippen LogP contribution is -2.26. The Morgan fingerprint density at radius 3 is 2.68 bits per heavy atom. The van der Waals surface area contributed by atoms with Crippen LogP contribution in [0.3, 0.4) is 0 Å². The second-order valence-corrected chi connectivity index (χ2v) is 5.53. The van der Waals surface area contributed by atoms with E-state index in [-0.39, 0.29) is 12.7 Å². The topological polar surface area (TPSA) is 51.5 Å². The van der Waals surface area contributed by atoms with Gasteiger partial charge < -0.3 is 9.84 Å². The Kier molecular flexibility index (Phi) is 3.62. The molecule has 2 rings (SSSR count). The Hall–Kier alpha value is -1.81. The highest BCUT2D eigenvalue weighted by Crippen LogP contribution is 2.19. The first-order valence-corrected chi connectivity index (χ1v) is 6.35. The Bertz CT molecular complexity index is 593. The lowest BCUT2D eigenvalue weighted by atomic mass is 10.1. The number of hydrogen-bond acceptors (Lipinski definition) is 3. The number of aliphatic hydroxyl groups is 1. The van der Waals surface area contributed by atoms with Crippen molar-refractivity contribution in [1.82, 2.24) is 4.57 Å². The fraction of sp³-hybridized carbons (Fsp3) is 0.400. The van der Waals surface area contributed by atoms with Gasteiger partial charge in [0.2, 0.25) is 0 Å². The summed E-state index contributed by atoms with van der Waals surface area (Å²) in [6.07, 6.45) is 1.95. The highest BCUT2D eigenvalue weighted by atomic mass is 16.6. The first kappa shape index (κ1) is 13.6. The molecule has 4 nitrogen and oxygen atoms in total. The maximum Gasteiger partial charge on any atom is 0.418 e. The Morgan fingerprint density at radius 2 is 2.05 bits per heavy atom. The van der Waals surface area contributed by atoms with Gasteiger partial charge in [0.15, 0.2) is 0 Å². The highest BCUT2D eigenvalue weighted by molar-refractivity contribution is 5.89. The van der Waals surface area contributed by atoms with Crippen molar-refractivity contribution in [2.75, 3.05) is 6.61 Å². The minimum absolute atomic E-state index is 0.123. The average Bonchev–Trinajstić information content (AvgIpc) is 2.70. The summed E-state index contributed by atoms with van der Waals surface area (Å²) in [4.78, 5) is 12.0. The van der Waals surface area contributed by atoms with Gasteiger partial charge in [-0.2, -0.15) is 0 Å². The first-order chi connectivity index (χ1) is 8.90. The number of benzene rings is 1. The molecule has 0 amide bonds. The van der Waals surface area contributed by atoms with E-state index in [9.17, 15) is 4.79 Å². The van der Waals surface area contributed by atoms with Gasteiger partial charge in [-0.3, -0.25) is 4.57 Å². The maximum atomic E-state index is 12.0. The van der Waals surface area contributed by atoms with Crippen LogP contribution < -0.4 is 0 Å². The molecule has 19 heavy (non-hydrogen) atoms. The van der Waals surface area contributed by atoms with Crippen LogP contribution in [0.25, 0.3) is 10.9 Å². The molecular formula is C15H19NO3. The van der Waals surface area contributed by atoms with Gasteiger partial charge in [-0.15, -0.1) is 0 Å². The summed E-state index contributed by atoms with van der Waals surface area (Å²) in [7, 11) is 0. The summed E-state index contributed by atoms with van der Waals surface area (Å²) in [6.45, 7) is 5.65. The van der Waals surface area contributed by atoms with E-state index in [1.54, 1.807) is 6.20 Å².